The highest BCUT2D eigenvalue weighted by Gasteiger charge is 2.41. The maximum Gasteiger partial charge on any atom is 0.214 e. The molecule has 2 atom stereocenters. The van der Waals surface area contributed by atoms with Gasteiger partial charge in [-0.3, -0.25) is 4.90 Å². The summed E-state index contributed by atoms with van der Waals surface area (Å²) in [5.41, 5.74) is 2.59. The molecule has 2 aliphatic rings. The molecule has 0 bridgehead atoms. The fraction of sp³-hybridized carbons (Fsp3) is 0.588. The lowest BCUT2D eigenvalue weighted by atomic mass is 9.98. The number of nitriles is 1. The molecule has 1 aromatic rings. The van der Waals surface area contributed by atoms with Crippen molar-refractivity contribution >= 4 is 10.0 Å². The van der Waals surface area contributed by atoms with Crippen molar-refractivity contribution in [2.75, 3.05) is 25.4 Å². The molecule has 0 radical (unpaired) electrons. The summed E-state index contributed by atoms with van der Waals surface area (Å²) < 4.78 is 26.1. The number of β-amino-alcohol motifs (C(OH)–C–C–N with tert-alkyl or cyclic N) is 1. The monoisotopic (exact) mass is 349 g/mol. The van der Waals surface area contributed by atoms with E-state index in [1.807, 2.05) is 18.2 Å². The van der Waals surface area contributed by atoms with Crippen LogP contribution >= 0.6 is 0 Å². The minimum absolute atomic E-state index is 0.0250. The van der Waals surface area contributed by atoms with Gasteiger partial charge in [-0.15, -0.1) is 0 Å². The van der Waals surface area contributed by atoms with Crippen LogP contribution in [-0.4, -0.2) is 60.3 Å². The highest BCUT2D eigenvalue weighted by Crippen LogP contribution is 2.26. The van der Waals surface area contributed by atoms with Crippen molar-refractivity contribution in [3.05, 3.63) is 35.4 Å². The van der Waals surface area contributed by atoms with Crippen molar-refractivity contribution in [1.82, 2.24) is 9.21 Å². The van der Waals surface area contributed by atoms with E-state index in [1.54, 1.807) is 0 Å². The predicted molar refractivity (Wildman–Crippen MR) is 90.6 cm³/mol. The third kappa shape index (κ3) is 3.62. The lowest BCUT2D eigenvalue weighted by molar-refractivity contribution is 0.0746. The van der Waals surface area contributed by atoms with Crippen LogP contribution < -0.4 is 0 Å². The van der Waals surface area contributed by atoms with Crippen LogP contribution in [0, 0.1) is 11.3 Å². The second kappa shape index (κ2) is 7.19. The molecule has 130 valence electrons. The summed E-state index contributed by atoms with van der Waals surface area (Å²) in [6.07, 6.45) is 0.838. The van der Waals surface area contributed by atoms with Gasteiger partial charge in [0.1, 0.15) is 0 Å². The van der Waals surface area contributed by atoms with Gasteiger partial charge >= 0.3 is 0 Å². The van der Waals surface area contributed by atoms with E-state index in [2.05, 4.69) is 17.0 Å². The van der Waals surface area contributed by atoms with Crippen molar-refractivity contribution in [3.63, 3.8) is 0 Å². The van der Waals surface area contributed by atoms with E-state index in [1.165, 1.54) is 15.4 Å². The molecule has 0 amide bonds. The van der Waals surface area contributed by atoms with Crippen molar-refractivity contribution in [1.29, 1.82) is 5.26 Å². The van der Waals surface area contributed by atoms with Crippen molar-refractivity contribution in [3.8, 4) is 6.07 Å². The van der Waals surface area contributed by atoms with Gasteiger partial charge in [-0.2, -0.15) is 9.57 Å². The molecule has 0 aliphatic carbocycles. The highest BCUT2D eigenvalue weighted by atomic mass is 32.2. The van der Waals surface area contributed by atoms with E-state index in [0.29, 0.717) is 13.0 Å². The molecule has 24 heavy (non-hydrogen) atoms. The summed E-state index contributed by atoms with van der Waals surface area (Å²) in [6.45, 7) is 2.07. The van der Waals surface area contributed by atoms with Crippen LogP contribution in [0.15, 0.2) is 24.3 Å². The van der Waals surface area contributed by atoms with Gasteiger partial charge in [0.25, 0.3) is 0 Å². The third-order valence-corrected chi connectivity index (χ3v) is 6.83. The van der Waals surface area contributed by atoms with Crippen LogP contribution in [0.4, 0.5) is 0 Å². The molecule has 0 spiro atoms. The average molecular weight is 349 g/mol. The maximum atomic E-state index is 12.4. The first kappa shape index (κ1) is 17.4. The third-order valence-electron chi connectivity index (χ3n) is 4.94. The summed E-state index contributed by atoms with van der Waals surface area (Å²) in [4.78, 5) is 2.19. The topological polar surface area (TPSA) is 84.6 Å². The van der Waals surface area contributed by atoms with E-state index in [0.717, 1.165) is 19.5 Å². The highest BCUT2D eigenvalue weighted by molar-refractivity contribution is 7.89. The van der Waals surface area contributed by atoms with Crippen LogP contribution in [0.25, 0.3) is 0 Å². The van der Waals surface area contributed by atoms with Crippen LogP contribution in [-0.2, 0) is 23.0 Å². The lowest BCUT2D eigenvalue weighted by Gasteiger charge is -2.34. The Morgan fingerprint density at radius 3 is 2.75 bits per heavy atom. The summed E-state index contributed by atoms with van der Waals surface area (Å²) in [7, 11) is -3.40. The largest absolute Gasteiger partial charge is 0.390 e. The fourth-order valence-corrected chi connectivity index (χ4v) is 5.11. The number of unbranched alkanes of at least 4 members (excludes halogenated alkanes) is 1. The van der Waals surface area contributed by atoms with Gasteiger partial charge in [0, 0.05) is 32.6 Å². The first-order chi connectivity index (χ1) is 11.5. The molecule has 6 nitrogen and oxygen atoms in total. The lowest BCUT2D eigenvalue weighted by Crippen LogP contribution is -2.45. The number of rotatable bonds is 5. The minimum atomic E-state index is -3.40. The Morgan fingerprint density at radius 1 is 1.25 bits per heavy atom. The van der Waals surface area contributed by atoms with E-state index in [9.17, 15) is 13.5 Å². The molecule has 1 saturated heterocycles. The predicted octanol–water partition coefficient (Wildman–Crippen LogP) is 0.723. The molecule has 1 N–H and O–H groups in total. The Bertz CT molecular complexity index is 729. The van der Waals surface area contributed by atoms with Gasteiger partial charge in [-0.25, -0.2) is 8.42 Å². The Morgan fingerprint density at radius 2 is 2.00 bits per heavy atom. The zero-order chi connectivity index (χ0) is 17.2. The number of hydrogen-bond acceptors (Lipinski definition) is 5. The number of fused-ring (bicyclic) bond motifs is 1. The normalized spacial score (nSPS) is 25.3. The first-order valence-corrected chi connectivity index (χ1v) is 9.96. The van der Waals surface area contributed by atoms with Gasteiger partial charge in [-0.1, -0.05) is 24.3 Å². The van der Waals surface area contributed by atoms with Gasteiger partial charge < -0.3 is 5.11 Å². The van der Waals surface area contributed by atoms with Gasteiger partial charge in [0.15, 0.2) is 0 Å². The molecule has 1 fully saturated rings. The van der Waals surface area contributed by atoms with Crippen LogP contribution in [0.2, 0.25) is 0 Å². The Labute approximate surface area is 143 Å². The van der Waals surface area contributed by atoms with E-state index in [4.69, 9.17) is 5.26 Å². The maximum absolute atomic E-state index is 12.4. The Balaban J connectivity index is 1.66. The molecule has 1 aromatic carbocycles. The first-order valence-electron chi connectivity index (χ1n) is 8.35. The number of aliphatic hydroxyl groups is 1. The molecule has 0 unspecified atom stereocenters. The van der Waals surface area contributed by atoms with Crippen LogP contribution in [0.5, 0.6) is 0 Å². The van der Waals surface area contributed by atoms with E-state index in [-0.39, 0.29) is 24.8 Å². The van der Waals surface area contributed by atoms with Crippen molar-refractivity contribution in [2.45, 2.75) is 38.0 Å². The fourth-order valence-electron chi connectivity index (χ4n) is 3.58. The van der Waals surface area contributed by atoms with Crippen molar-refractivity contribution in [2.24, 2.45) is 0 Å². The number of hydrogen-bond donors (Lipinski definition) is 1. The number of benzene rings is 1. The summed E-state index contributed by atoms with van der Waals surface area (Å²) in [5, 5.41) is 19.0. The molecule has 3 rings (SSSR count). The zero-order valence-corrected chi connectivity index (χ0v) is 14.5. The van der Waals surface area contributed by atoms with E-state index < -0.39 is 16.1 Å². The number of sulfonamides is 1. The zero-order valence-electron chi connectivity index (χ0n) is 13.6. The van der Waals surface area contributed by atoms with Crippen LogP contribution in [0.1, 0.15) is 24.0 Å². The van der Waals surface area contributed by atoms with Crippen molar-refractivity contribution < 1.29 is 13.5 Å². The van der Waals surface area contributed by atoms with Gasteiger partial charge in [0.2, 0.25) is 10.0 Å². The number of nitrogens with zero attached hydrogens (tertiary/aromatic N) is 3. The molecular weight excluding hydrogens is 326 g/mol. The second-order valence-electron chi connectivity index (χ2n) is 6.52. The SMILES string of the molecule is N#CCCCS(=O)(=O)N1C[C@@H](O)[C@H](N2CCc3ccccc3C2)C1. The van der Waals surface area contributed by atoms with Gasteiger partial charge in [-0.05, 0) is 24.0 Å². The van der Waals surface area contributed by atoms with E-state index >= 15 is 0 Å². The molecule has 2 aliphatic heterocycles. The Hall–Kier alpha value is -1.46. The smallest absolute Gasteiger partial charge is 0.214 e. The minimum Gasteiger partial charge on any atom is -0.390 e. The molecule has 7 heteroatoms. The van der Waals surface area contributed by atoms with Crippen LogP contribution in [0.3, 0.4) is 0 Å². The van der Waals surface area contributed by atoms with Gasteiger partial charge in [0.05, 0.1) is 24.0 Å². The summed E-state index contributed by atoms with van der Waals surface area (Å²) in [5.74, 6) is -0.0250. The summed E-state index contributed by atoms with van der Waals surface area (Å²) >= 11 is 0. The molecule has 0 aromatic heterocycles. The number of aliphatic hydroxyl groups excluding tert-OH is 1. The molecule has 0 saturated carbocycles. The molecule has 2 heterocycles. The quantitative estimate of drug-likeness (QED) is 0.792. The standard InChI is InChI=1S/C17H23N3O3S/c18-8-3-4-10-24(22,23)20-12-16(17(21)13-20)19-9-7-14-5-1-2-6-15(14)11-19/h1-2,5-6,16-17,21H,3-4,7,9-13H2/t16-,17-/m1/s1. The average Bonchev–Trinajstić information content (AvgIpc) is 2.97. The molecular formula is C17H23N3O3S. The summed E-state index contributed by atoms with van der Waals surface area (Å²) in [6, 6.07) is 10.1. The second-order valence-corrected chi connectivity index (χ2v) is 8.61. The Kier molecular flexibility index (Phi) is 5.21.